The van der Waals surface area contributed by atoms with E-state index in [-0.39, 0.29) is 0 Å². The van der Waals surface area contributed by atoms with Crippen LogP contribution in [0.5, 0.6) is 0 Å². The molecule has 0 saturated heterocycles. The summed E-state index contributed by atoms with van der Waals surface area (Å²) in [6, 6.07) is 41.2. The van der Waals surface area contributed by atoms with Gasteiger partial charge in [0.2, 0.25) is 0 Å². The van der Waals surface area contributed by atoms with Gasteiger partial charge in [-0.25, -0.2) is 0 Å². The van der Waals surface area contributed by atoms with Crippen molar-refractivity contribution in [3.05, 3.63) is 126 Å². The van der Waals surface area contributed by atoms with Crippen molar-refractivity contribution in [1.29, 1.82) is 0 Å². The normalized spacial score (nSPS) is 10.6. The first-order valence-corrected chi connectivity index (χ1v) is 11.2. The average molecular weight is 428 g/mol. The van der Waals surface area contributed by atoms with Gasteiger partial charge in [0, 0.05) is 0 Å². The molecule has 0 aliphatic carbocycles. The summed E-state index contributed by atoms with van der Waals surface area (Å²) in [4.78, 5) is 2.45. The van der Waals surface area contributed by atoms with Crippen molar-refractivity contribution >= 4 is 29.6 Å². The molecule has 28 heavy (non-hydrogen) atoms. The Balaban J connectivity index is 1.54. The molecule has 0 amide bonds. The summed E-state index contributed by atoms with van der Waals surface area (Å²) in [6.07, 6.45) is 0. The van der Waals surface area contributed by atoms with Gasteiger partial charge in [-0.3, -0.25) is 0 Å². The molecule has 4 aromatic carbocycles. The predicted octanol–water partition coefficient (Wildman–Crippen LogP) is 4.55. The zero-order valence-electron chi connectivity index (χ0n) is 15.7. The van der Waals surface area contributed by atoms with E-state index in [1.807, 2.05) is 0 Å². The maximum atomic E-state index is 2.45. The third-order valence-corrected chi connectivity index (χ3v) is 6.74. The van der Waals surface area contributed by atoms with E-state index in [0.717, 1.165) is 13.1 Å². The first-order valence-electron chi connectivity index (χ1n) is 9.52. The van der Waals surface area contributed by atoms with Gasteiger partial charge in [0.15, 0.2) is 0 Å². The second-order valence-corrected chi connectivity index (χ2v) is 9.14. The zero-order valence-corrected chi connectivity index (χ0v) is 17.5. The molecule has 0 unspecified atom stereocenters. The number of benzene rings is 4. The molecule has 0 atom stereocenters. The van der Waals surface area contributed by atoms with Crippen molar-refractivity contribution in [3.8, 4) is 0 Å². The van der Waals surface area contributed by atoms with Crippen LogP contribution < -0.4 is 13.8 Å². The fourth-order valence-corrected chi connectivity index (χ4v) is 4.95. The fraction of sp³-hybridized carbons (Fsp3) is 0.0769. The summed E-state index contributed by atoms with van der Waals surface area (Å²) in [5.74, 6) is 0. The fourth-order valence-electron chi connectivity index (χ4n) is 3.20. The molecule has 0 fully saturated rings. The first-order chi connectivity index (χ1) is 13.9. The molecule has 0 N–H and O–H groups in total. The summed E-state index contributed by atoms with van der Waals surface area (Å²) in [6.45, 7) is 1.80. The van der Waals surface area contributed by atoms with Crippen LogP contribution >= 0.6 is 0 Å². The van der Waals surface area contributed by atoms with Gasteiger partial charge in [-0.2, -0.15) is 0 Å². The number of nitrogens with zero attached hydrogens (tertiary/aromatic N) is 1. The van der Waals surface area contributed by atoms with Gasteiger partial charge in [0.05, 0.1) is 0 Å². The summed E-state index contributed by atoms with van der Waals surface area (Å²) < 4.78 is 2.81. The zero-order chi connectivity index (χ0) is 19.0. The molecule has 4 rings (SSSR count). The van der Waals surface area contributed by atoms with E-state index in [1.54, 1.807) is 0 Å². The van der Waals surface area contributed by atoms with Gasteiger partial charge in [-0.1, -0.05) is 0 Å². The number of anilines is 1. The van der Waals surface area contributed by atoms with E-state index >= 15 is 0 Å². The Labute approximate surface area is 173 Å². The van der Waals surface area contributed by atoms with Crippen LogP contribution in [0.2, 0.25) is 0 Å². The van der Waals surface area contributed by atoms with E-state index in [0.29, 0.717) is 15.0 Å². The molecular weight excluding hydrogens is 405 g/mol. The van der Waals surface area contributed by atoms with Crippen LogP contribution in [-0.4, -0.2) is 15.0 Å². The Hall–Kier alpha value is -2.80. The quantitative estimate of drug-likeness (QED) is 0.391. The molecule has 0 saturated carbocycles. The second-order valence-electron chi connectivity index (χ2n) is 6.74. The standard InChI is InChI=1S/C26H23NSe/c1-4-10-22(11-5-1)20-27(21-23-12-6-2-7-13-23)24-16-18-26(19-17-24)28-25-14-8-3-9-15-25/h1-19H,20-21H2. The summed E-state index contributed by atoms with van der Waals surface area (Å²) in [7, 11) is 0. The minimum atomic E-state index is 0.351. The second kappa shape index (κ2) is 9.41. The van der Waals surface area contributed by atoms with Crippen molar-refractivity contribution in [2.24, 2.45) is 0 Å². The molecule has 0 aliphatic rings. The van der Waals surface area contributed by atoms with Gasteiger partial charge >= 0.3 is 174 Å². The third-order valence-electron chi connectivity index (χ3n) is 4.61. The summed E-state index contributed by atoms with van der Waals surface area (Å²) in [5, 5.41) is 0. The molecule has 0 bridgehead atoms. The SMILES string of the molecule is c1ccc(CN(Cc2ccccc2)c2ccc([Se]c3ccccc3)cc2)cc1. The van der Waals surface area contributed by atoms with Crippen LogP contribution in [0, 0.1) is 0 Å². The Morgan fingerprint density at radius 3 is 1.39 bits per heavy atom. The molecule has 1 nitrogen and oxygen atoms in total. The number of hydrogen-bond donors (Lipinski definition) is 0. The molecule has 0 aromatic heterocycles. The monoisotopic (exact) mass is 429 g/mol. The Kier molecular flexibility index (Phi) is 6.24. The van der Waals surface area contributed by atoms with Crippen molar-refractivity contribution < 1.29 is 0 Å². The van der Waals surface area contributed by atoms with Gasteiger partial charge in [-0.05, 0) is 0 Å². The van der Waals surface area contributed by atoms with Gasteiger partial charge in [-0.15, -0.1) is 0 Å². The van der Waals surface area contributed by atoms with Gasteiger partial charge < -0.3 is 0 Å². The maximum absolute atomic E-state index is 2.45. The predicted molar refractivity (Wildman–Crippen MR) is 121 cm³/mol. The van der Waals surface area contributed by atoms with Crippen molar-refractivity contribution in [2.45, 2.75) is 13.1 Å². The van der Waals surface area contributed by atoms with Gasteiger partial charge in [0.25, 0.3) is 0 Å². The molecule has 2 heteroatoms. The molecule has 0 spiro atoms. The average Bonchev–Trinajstić information content (AvgIpc) is 2.76. The molecule has 0 aliphatic heterocycles. The molecule has 138 valence electrons. The summed E-state index contributed by atoms with van der Waals surface area (Å²) >= 11 is 0.351. The molecular formula is C26H23NSe. The van der Waals surface area contributed by atoms with Crippen molar-refractivity contribution in [3.63, 3.8) is 0 Å². The Morgan fingerprint density at radius 1 is 0.464 bits per heavy atom. The van der Waals surface area contributed by atoms with Crippen molar-refractivity contribution in [2.75, 3.05) is 4.90 Å². The van der Waals surface area contributed by atoms with E-state index in [4.69, 9.17) is 0 Å². The Morgan fingerprint density at radius 2 is 0.893 bits per heavy atom. The molecule has 4 aromatic rings. The Bertz CT molecular complexity index is 926. The van der Waals surface area contributed by atoms with Crippen LogP contribution in [0.4, 0.5) is 5.69 Å². The van der Waals surface area contributed by atoms with Crippen LogP contribution in [0.15, 0.2) is 115 Å². The van der Waals surface area contributed by atoms with E-state index in [2.05, 4.69) is 120 Å². The van der Waals surface area contributed by atoms with E-state index in [9.17, 15) is 0 Å². The molecule has 0 radical (unpaired) electrons. The van der Waals surface area contributed by atoms with Crippen molar-refractivity contribution in [1.82, 2.24) is 0 Å². The van der Waals surface area contributed by atoms with Crippen LogP contribution in [-0.2, 0) is 13.1 Å². The first kappa shape index (κ1) is 18.6. The van der Waals surface area contributed by atoms with Crippen LogP contribution in [0.25, 0.3) is 0 Å². The number of hydrogen-bond acceptors (Lipinski definition) is 1. The third kappa shape index (κ3) is 5.13. The minimum absolute atomic E-state index is 0.351. The van der Waals surface area contributed by atoms with Gasteiger partial charge in [0.1, 0.15) is 0 Å². The van der Waals surface area contributed by atoms with Crippen LogP contribution in [0.3, 0.4) is 0 Å². The van der Waals surface area contributed by atoms with E-state index in [1.165, 1.54) is 25.7 Å². The molecule has 0 heterocycles. The van der Waals surface area contributed by atoms with Crippen LogP contribution in [0.1, 0.15) is 11.1 Å². The topological polar surface area (TPSA) is 3.24 Å². The van der Waals surface area contributed by atoms with E-state index < -0.39 is 0 Å². The number of rotatable bonds is 7. The summed E-state index contributed by atoms with van der Waals surface area (Å²) in [5.41, 5.74) is 3.92.